The summed E-state index contributed by atoms with van der Waals surface area (Å²) < 4.78 is 2.08. The minimum atomic E-state index is -0.883. The maximum Gasteiger partial charge on any atom is 0.337 e. The molecule has 19 heavy (non-hydrogen) atoms. The van der Waals surface area contributed by atoms with Crippen LogP contribution in [0.2, 0.25) is 0 Å². The summed E-state index contributed by atoms with van der Waals surface area (Å²) in [5.41, 5.74) is 1.88. The van der Waals surface area contributed by atoms with Crippen molar-refractivity contribution in [1.82, 2.24) is 9.55 Å². The lowest BCUT2D eigenvalue weighted by molar-refractivity contribution is 0.0698. The van der Waals surface area contributed by atoms with Gasteiger partial charge in [-0.1, -0.05) is 12.5 Å². The molecule has 1 aliphatic carbocycles. The van der Waals surface area contributed by atoms with Gasteiger partial charge >= 0.3 is 5.97 Å². The van der Waals surface area contributed by atoms with E-state index in [0.717, 1.165) is 17.5 Å². The molecular formula is C14H16N2O2S. The summed E-state index contributed by atoms with van der Waals surface area (Å²) in [5, 5.41) is 9.90. The van der Waals surface area contributed by atoms with Gasteiger partial charge in [-0.05, 0) is 31.2 Å². The van der Waals surface area contributed by atoms with Gasteiger partial charge in [-0.3, -0.25) is 0 Å². The molecule has 4 nitrogen and oxygen atoms in total. The van der Waals surface area contributed by atoms with E-state index in [0.29, 0.717) is 16.9 Å². The normalized spacial score (nSPS) is 23.0. The number of fused-ring (bicyclic) bond motifs is 1. The van der Waals surface area contributed by atoms with Crippen LogP contribution in [0.5, 0.6) is 0 Å². The Labute approximate surface area is 115 Å². The first-order valence-corrected chi connectivity index (χ1v) is 7.73. The molecule has 2 unspecified atom stereocenters. The number of aromatic nitrogens is 2. The molecule has 0 saturated heterocycles. The summed E-state index contributed by atoms with van der Waals surface area (Å²) in [7, 11) is 0. The number of hydrogen-bond acceptors (Lipinski definition) is 3. The molecule has 5 heteroatoms. The zero-order valence-electron chi connectivity index (χ0n) is 10.7. The van der Waals surface area contributed by atoms with Crippen LogP contribution in [0.25, 0.3) is 11.0 Å². The number of nitrogens with zero attached hydrogens (tertiary/aromatic N) is 2. The van der Waals surface area contributed by atoms with Gasteiger partial charge in [-0.25, -0.2) is 9.78 Å². The molecule has 1 fully saturated rings. The van der Waals surface area contributed by atoms with Crippen molar-refractivity contribution in [1.29, 1.82) is 0 Å². The fourth-order valence-corrected chi connectivity index (χ4v) is 4.00. The largest absolute Gasteiger partial charge is 0.478 e. The molecule has 1 aromatic carbocycles. The van der Waals surface area contributed by atoms with Crippen molar-refractivity contribution in [2.24, 2.45) is 0 Å². The zero-order chi connectivity index (χ0) is 13.4. The van der Waals surface area contributed by atoms with E-state index in [9.17, 15) is 9.90 Å². The average Bonchev–Trinajstić information content (AvgIpc) is 3.03. The summed E-state index contributed by atoms with van der Waals surface area (Å²) >= 11 is 1.87. The Balaban J connectivity index is 2.16. The number of hydrogen-bond donors (Lipinski definition) is 1. The number of carboxylic acid groups (broad SMARTS) is 1. The van der Waals surface area contributed by atoms with Crippen LogP contribution in [0.4, 0.5) is 0 Å². The molecule has 3 rings (SSSR count). The maximum absolute atomic E-state index is 11.4. The second-order valence-corrected chi connectivity index (χ2v) is 5.98. The second-order valence-electron chi connectivity index (χ2n) is 4.90. The number of carbonyl (C=O) groups is 1. The van der Waals surface area contributed by atoms with Gasteiger partial charge in [0, 0.05) is 11.3 Å². The molecule has 1 heterocycles. The van der Waals surface area contributed by atoms with E-state index in [1.165, 1.54) is 12.8 Å². The highest BCUT2D eigenvalue weighted by Gasteiger charge is 2.29. The van der Waals surface area contributed by atoms with Gasteiger partial charge in [0.1, 0.15) is 0 Å². The molecule has 1 N–H and O–H groups in total. The lowest BCUT2D eigenvalue weighted by Crippen LogP contribution is -2.16. The van der Waals surface area contributed by atoms with Crippen LogP contribution in [0.3, 0.4) is 0 Å². The summed E-state index contributed by atoms with van der Waals surface area (Å²) in [6, 6.07) is 5.65. The number of thioether (sulfide) groups is 1. The predicted molar refractivity (Wildman–Crippen MR) is 76.9 cm³/mol. The van der Waals surface area contributed by atoms with E-state index < -0.39 is 5.97 Å². The number of imidazole rings is 1. The molecule has 0 radical (unpaired) electrons. The van der Waals surface area contributed by atoms with Gasteiger partial charge in [0.25, 0.3) is 0 Å². The number of para-hydroxylation sites is 1. The van der Waals surface area contributed by atoms with Crippen molar-refractivity contribution in [3.63, 3.8) is 0 Å². The van der Waals surface area contributed by atoms with Gasteiger partial charge in [0.2, 0.25) is 0 Å². The van der Waals surface area contributed by atoms with Crippen LogP contribution in [0.15, 0.2) is 24.5 Å². The number of rotatable bonds is 3. The number of benzene rings is 1. The monoisotopic (exact) mass is 276 g/mol. The van der Waals surface area contributed by atoms with E-state index in [2.05, 4.69) is 15.8 Å². The fraction of sp³-hybridized carbons (Fsp3) is 0.429. The van der Waals surface area contributed by atoms with Crippen molar-refractivity contribution >= 4 is 28.8 Å². The van der Waals surface area contributed by atoms with Gasteiger partial charge in [-0.15, -0.1) is 0 Å². The number of carboxylic acids is 1. The molecule has 2 atom stereocenters. The standard InChI is InChI=1S/C14H16N2O2S/c1-19-12-7-3-6-11(12)16-8-15-10-5-2-4-9(13(10)16)14(17)18/h2,4-5,8,11-12H,3,6-7H2,1H3,(H,17,18). The Bertz CT molecular complexity index is 623. The van der Waals surface area contributed by atoms with E-state index in [-0.39, 0.29) is 0 Å². The lowest BCUT2D eigenvalue weighted by Gasteiger charge is -2.20. The molecule has 0 aliphatic heterocycles. The average molecular weight is 276 g/mol. The molecular weight excluding hydrogens is 260 g/mol. The zero-order valence-corrected chi connectivity index (χ0v) is 11.6. The lowest BCUT2D eigenvalue weighted by atomic mass is 10.1. The minimum absolute atomic E-state index is 0.349. The fourth-order valence-electron chi connectivity index (χ4n) is 3.01. The van der Waals surface area contributed by atoms with Crippen molar-refractivity contribution < 1.29 is 9.90 Å². The third-order valence-electron chi connectivity index (χ3n) is 3.90. The molecule has 0 amide bonds. The van der Waals surface area contributed by atoms with Gasteiger partial charge in [0.05, 0.1) is 22.9 Å². The van der Waals surface area contributed by atoms with Crippen molar-refractivity contribution in [3.05, 3.63) is 30.1 Å². The quantitative estimate of drug-likeness (QED) is 0.935. The first-order valence-electron chi connectivity index (χ1n) is 6.44. The van der Waals surface area contributed by atoms with Crippen molar-refractivity contribution in [2.45, 2.75) is 30.6 Å². The third kappa shape index (κ3) is 2.02. The summed E-state index contributed by atoms with van der Waals surface area (Å²) in [6.45, 7) is 0. The van der Waals surface area contributed by atoms with Crippen LogP contribution >= 0.6 is 11.8 Å². The van der Waals surface area contributed by atoms with Crippen LogP contribution in [0, 0.1) is 0 Å². The van der Waals surface area contributed by atoms with E-state index in [1.54, 1.807) is 18.5 Å². The number of aromatic carboxylic acids is 1. The summed E-state index contributed by atoms with van der Waals surface area (Å²) in [5.74, 6) is -0.883. The first kappa shape index (κ1) is 12.5. The molecule has 100 valence electrons. The van der Waals surface area contributed by atoms with E-state index in [1.807, 2.05) is 17.8 Å². The Hall–Kier alpha value is -1.49. The topological polar surface area (TPSA) is 55.1 Å². The van der Waals surface area contributed by atoms with Gasteiger partial charge in [-0.2, -0.15) is 11.8 Å². The smallest absolute Gasteiger partial charge is 0.337 e. The molecule has 1 aromatic heterocycles. The van der Waals surface area contributed by atoms with Crippen molar-refractivity contribution in [2.75, 3.05) is 6.26 Å². The van der Waals surface area contributed by atoms with Crippen LogP contribution in [-0.2, 0) is 0 Å². The third-order valence-corrected chi connectivity index (χ3v) is 5.06. The van der Waals surface area contributed by atoms with Gasteiger partial charge < -0.3 is 9.67 Å². The van der Waals surface area contributed by atoms with Crippen LogP contribution in [-0.4, -0.2) is 32.1 Å². The van der Waals surface area contributed by atoms with Crippen LogP contribution < -0.4 is 0 Å². The van der Waals surface area contributed by atoms with Crippen LogP contribution in [0.1, 0.15) is 35.7 Å². The SMILES string of the molecule is CSC1CCCC1n1cnc2cccc(C(=O)O)c21. The van der Waals surface area contributed by atoms with Crippen molar-refractivity contribution in [3.8, 4) is 0 Å². The molecule has 0 bridgehead atoms. The highest BCUT2D eigenvalue weighted by Crippen LogP contribution is 2.39. The minimum Gasteiger partial charge on any atom is -0.478 e. The Morgan fingerprint density at radius 2 is 2.32 bits per heavy atom. The summed E-state index contributed by atoms with van der Waals surface area (Å²) in [4.78, 5) is 15.8. The maximum atomic E-state index is 11.4. The van der Waals surface area contributed by atoms with Gasteiger partial charge in [0.15, 0.2) is 0 Å². The molecule has 1 saturated carbocycles. The highest BCUT2D eigenvalue weighted by molar-refractivity contribution is 7.99. The highest BCUT2D eigenvalue weighted by atomic mass is 32.2. The van der Waals surface area contributed by atoms with E-state index >= 15 is 0 Å². The first-order chi connectivity index (χ1) is 9.22. The second kappa shape index (κ2) is 4.89. The Morgan fingerprint density at radius 1 is 1.47 bits per heavy atom. The Morgan fingerprint density at radius 3 is 3.05 bits per heavy atom. The summed E-state index contributed by atoms with van der Waals surface area (Å²) in [6.07, 6.45) is 7.42. The predicted octanol–water partition coefficient (Wildman–Crippen LogP) is 3.19. The molecule has 1 aliphatic rings. The van der Waals surface area contributed by atoms with E-state index in [4.69, 9.17) is 0 Å². The molecule has 0 spiro atoms. The Kier molecular flexibility index (Phi) is 3.22. The molecule has 2 aromatic rings.